The molecule has 0 spiro atoms. The number of hydrogen-bond donors (Lipinski definition) is 2. The molecule has 0 saturated carbocycles. The number of hydrogen-bond acceptors (Lipinski definition) is 4. The van der Waals surface area contributed by atoms with Crippen LogP contribution in [-0.2, 0) is 22.4 Å². The molecule has 0 fully saturated rings. The van der Waals surface area contributed by atoms with E-state index >= 15 is 0 Å². The topological polar surface area (TPSA) is 79.8 Å². The fraction of sp³-hybridized carbons (Fsp3) is 0.0870. The number of amides is 2. The normalized spacial score (nSPS) is 11.3. The maximum Gasteiger partial charge on any atom is 0.416 e. The van der Waals surface area contributed by atoms with E-state index in [-0.39, 0.29) is 10.7 Å². The number of benzene rings is 3. The van der Waals surface area contributed by atoms with Crippen LogP contribution in [-0.4, -0.2) is 18.0 Å². The van der Waals surface area contributed by atoms with Crippen molar-refractivity contribution in [3.8, 4) is 5.75 Å². The molecule has 6 nitrogen and oxygen atoms in total. The molecule has 176 valence electrons. The molecule has 0 radical (unpaired) electrons. The van der Waals surface area contributed by atoms with Crippen molar-refractivity contribution >= 4 is 46.9 Å². The van der Waals surface area contributed by atoms with E-state index < -0.39 is 23.6 Å². The average Bonchev–Trinajstić information content (AvgIpc) is 2.79. The molecule has 2 amide bonds. The van der Waals surface area contributed by atoms with Gasteiger partial charge in [-0.1, -0.05) is 35.3 Å². The Bertz CT molecular complexity index is 1220. The van der Waals surface area contributed by atoms with Crippen molar-refractivity contribution in [2.45, 2.75) is 12.8 Å². The van der Waals surface area contributed by atoms with Gasteiger partial charge < -0.3 is 10.1 Å². The molecule has 0 aliphatic carbocycles. The van der Waals surface area contributed by atoms with E-state index in [1.807, 2.05) is 22.9 Å². The first-order chi connectivity index (χ1) is 16.1. The predicted octanol–water partition coefficient (Wildman–Crippen LogP) is 5.68. The minimum absolute atomic E-state index is 0.157. The number of carbonyl (C=O) groups is 2. The maximum absolute atomic E-state index is 12.8. The Kier molecular flexibility index (Phi) is 8.14. The molecule has 0 aliphatic rings. The molecule has 3 aromatic carbocycles. The van der Waals surface area contributed by atoms with Crippen molar-refractivity contribution in [3.63, 3.8) is 0 Å². The lowest BCUT2D eigenvalue weighted by atomic mass is 10.2. The van der Waals surface area contributed by atoms with Crippen LogP contribution < -0.4 is 15.5 Å². The lowest BCUT2D eigenvalue weighted by Crippen LogP contribution is -2.32. The third kappa shape index (κ3) is 7.23. The standard InChI is InChI=1S/C23H16Cl2F3N3O3/c24-17-3-1-2-15(10-17)13-34-18-7-4-14(5-8-18)12-29-31-22(33)21(32)30-20-11-16(23(26,27)28)6-9-19(20)25/h1-12H,13H2,(H,30,32)(H,31,33). The molecule has 3 rings (SSSR count). The number of anilines is 1. The van der Waals surface area contributed by atoms with Gasteiger partial charge in [-0.2, -0.15) is 18.3 Å². The third-order valence-electron chi connectivity index (χ3n) is 4.30. The number of nitrogens with one attached hydrogen (secondary N) is 2. The van der Waals surface area contributed by atoms with Gasteiger partial charge >= 0.3 is 18.0 Å². The summed E-state index contributed by atoms with van der Waals surface area (Å²) in [6.45, 7) is 0.328. The Morgan fingerprint density at radius 2 is 1.71 bits per heavy atom. The second-order valence-corrected chi connectivity index (χ2v) is 7.68. The van der Waals surface area contributed by atoms with Crippen molar-refractivity contribution in [2.24, 2.45) is 5.10 Å². The molecule has 0 aromatic heterocycles. The monoisotopic (exact) mass is 509 g/mol. The fourth-order valence-corrected chi connectivity index (χ4v) is 3.01. The molecule has 0 saturated heterocycles. The van der Waals surface area contributed by atoms with Gasteiger partial charge in [-0.15, -0.1) is 0 Å². The van der Waals surface area contributed by atoms with Crippen LogP contribution in [0.25, 0.3) is 0 Å². The van der Waals surface area contributed by atoms with Crippen LogP contribution >= 0.6 is 23.2 Å². The van der Waals surface area contributed by atoms with E-state index in [2.05, 4.69) is 5.10 Å². The number of nitrogens with zero attached hydrogens (tertiary/aromatic N) is 1. The van der Waals surface area contributed by atoms with Crippen LogP contribution in [0.3, 0.4) is 0 Å². The zero-order valence-electron chi connectivity index (χ0n) is 17.2. The first kappa shape index (κ1) is 25.1. The number of hydrazone groups is 1. The van der Waals surface area contributed by atoms with Gasteiger partial charge in [0.2, 0.25) is 0 Å². The Morgan fingerprint density at radius 3 is 2.38 bits per heavy atom. The zero-order chi connectivity index (χ0) is 24.7. The SMILES string of the molecule is O=C(NN=Cc1ccc(OCc2cccc(Cl)c2)cc1)C(=O)Nc1cc(C(F)(F)F)ccc1Cl. The van der Waals surface area contributed by atoms with E-state index in [1.165, 1.54) is 6.21 Å². The van der Waals surface area contributed by atoms with E-state index in [0.29, 0.717) is 29.0 Å². The minimum atomic E-state index is -4.63. The summed E-state index contributed by atoms with van der Waals surface area (Å²) < 4.78 is 44.1. The van der Waals surface area contributed by atoms with E-state index in [0.717, 1.165) is 17.7 Å². The molecule has 34 heavy (non-hydrogen) atoms. The zero-order valence-corrected chi connectivity index (χ0v) is 18.7. The highest BCUT2D eigenvalue weighted by Crippen LogP contribution is 2.33. The molecule has 2 N–H and O–H groups in total. The van der Waals surface area contributed by atoms with Crippen LogP contribution in [0.15, 0.2) is 71.8 Å². The van der Waals surface area contributed by atoms with Gasteiger partial charge in [0.25, 0.3) is 0 Å². The molecule has 3 aromatic rings. The van der Waals surface area contributed by atoms with Crippen molar-refractivity contribution in [2.75, 3.05) is 5.32 Å². The minimum Gasteiger partial charge on any atom is -0.489 e. The second-order valence-electron chi connectivity index (χ2n) is 6.83. The van der Waals surface area contributed by atoms with Crippen molar-refractivity contribution in [1.82, 2.24) is 5.43 Å². The van der Waals surface area contributed by atoms with E-state index in [4.69, 9.17) is 27.9 Å². The van der Waals surface area contributed by atoms with Crippen LogP contribution in [0.5, 0.6) is 5.75 Å². The highest BCUT2D eigenvalue weighted by Gasteiger charge is 2.31. The Labute approximate surface area is 202 Å². The highest BCUT2D eigenvalue weighted by atomic mass is 35.5. The van der Waals surface area contributed by atoms with Gasteiger partial charge in [-0.25, -0.2) is 5.43 Å². The van der Waals surface area contributed by atoms with Gasteiger partial charge in [0.05, 0.1) is 22.5 Å². The average molecular weight is 510 g/mol. The summed E-state index contributed by atoms with van der Waals surface area (Å²) >= 11 is 11.7. The summed E-state index contributed by atoms with van der Waals surface area (Å²) in [6, 6.07) is 16.4. The molecule has 0 unspecified atom stereocenters. The highest BCUT2D eigenvalue weighted by molar-refractivity contribution is 6.41. The molecule has 0 heterocycles. The summed E-state index contributed by atoms with van der Waals surface area (Å²) in [5.41, 5.74) is 2.12. The fourth-order valence-electron chi connectivity index (χ4n) is 2.64. The van der Waals surface area contributed by atoms with Crippen LogP contribution in [0.4, 0.5) is 18.9 Å². The van der Waals surface area contributed by atoms with Crippen molar-refractivity contribution < 1.29 is 27.5 Å². The first-order valence-corrected chi connectivity index (χ1v) is 10.4. The molecule has 0 atom stereocenters. The van der Waals surface area contributed by atoms with E-state index in [9.17, 15) is 22.8 Å². The lowest BCUT2D eigenvalue weighted by Gasteiger charge is -2.11. The summed E-state index contributed by atoms with van der Waals surface area (Å²) in [4.78, 5) is 23.9. The second kappa shape index (κ2) is 11.0. The number of alkyl halides is 3. The summed E-state index contributed by atoms with van der Waals surface area (Å²) in [6.07, 6.45) is -3.35. The molecule has 0 bridgehead atoms. The molecular formula is C23H16Cl2F3N3O3. The van der Waals surface area contributed by atoms with Crippen LogP contribution in [0.1, 0.15) is 16.7 Å². The Hall–Kier alpha value is -3.56. The summed E-state index contributed by atoms with van der Waals surface area (Å²) in [5.74, 6) is -1.83. The molecule has 11 heteroatoms. The van der Waals surface area contributed by atoms with Crippen molar-refractivity contribution in [1.29, 1.82) is 0 Å². The Balaban J connectivity index is 1.52. The number of carbonyl (C=O) groups excluding carboxylic acids is 2. The van der Waals surface area contributed by atoms with Gasteiger partial charge in [0, 0.05) is 5.02 Å². The predicted molar refractivity (Wildman–Crippen MR) is 123 cm³/mol. The van der Waals surface area contributed by atoms with Gasteiger partial charge in [0.15, 0.2) is 0 Å². The number of halogens is 5. The third-order valence-corrected chi connectivity index (χ3v) is 4.87. The van der Waals surface area contributed by atoms with Gasteiger partial charge in [-0.3, -0.25) is 9.59 Å². The molecular weight excluding hydrogens is 494 g/mol. The summed E-state index contributed by atoms with van der Waals surface area (Å²) in [5, 5.41) is 6.15. The maximum atomic E-state index is 12.8. The van der Waals surface area contributed by atoms with Crippen LogP contribution in [0.2, 0.25) is 10.0 Å². The number of ether oxygens (including phenoxy) is 1. The Morgan fingerprint density at radius 1 is 0.971 bits per heavy atom. The largest absolute Gasteiger partial charge is 0.489 e. The van der Waals surface area contributed by atoms with Crippen molar-refractivity contribution in [3.05, 3.63) is 93.5 Å². The lowest BCUT2D eigenvalue weighted by molar-refractivity contribution is -0.137. The smallest absolute Gasteiger partial charge is 0.416 e. The number of rotatable bonds is 6. The summed E-state index contributed by atoms with van der Waals surface area (Å²) in [7, 11) is 0. The first-order valence-electron chi connectivity index (χ1n) is 9.60. The van der Waals surface area contributed by atoms with E-state index in [1.54, 1.807) is 36.4 Å². The van der Waals surface area contributed by atoms with Crippen LogP contribution in [0, 0.1) is 0 Å². The van der Waals surface area contributed by atoms with Gasteiger partial charge in [-0.05, 0) is 65.7 Å². The van der Waals surface area contributed by atoms with Gasteiger partial charge in [0.1, 0.15) is 12.4 Å². The quantitative estimate of drug-likeness (QED) is 0.255. The molecule has 0 aliphatic heterocycles.